The van der Waals surface area contributed by atoms with E-state index in [-0.39, 0.29) is 29.7 Å². The van der Waals surface area contributed by atoms with Crippen LogP contribution < -0.4 is 15.4 Å². The van der Waals surface area contributed by atoms with Gasteiger partial charge in [0.05, 0.1) is 12.3 Å². The maximum absolute atomic E-state index is 11.5. The van der Waals surface area contributed by atoms with Crippen LogP contribution in [0.25, 0.3) is 0 Å². The van der Waals surface area contributed by atoms with Gasteiger partial charge in [-0.2, -0.15) is 0 Å². The van der Waals surface area contributed by atoms with Crippen LogP contribution in [0.5, 0.6) is 0 Å². The molecule has 0 saturated heterocycles. The molecule has 0 heterocycles. The summed E-state index contributed by atoms with van der Waals surface area (Å²) in [6.45, 7) is 7.49. The van der Waals surface area contributed by atoms with Gasteiger partial charge in [0.2, 0.25) is 10.0 Å². The fourth-order valence-electron chi connectivity index (χ4n) is 1.80. The van der Waals surface area contributed by atoms with Crippen LogP contribution in [0.1, 0.15) is 31.9 Å². The minimum Gasteiger partial charge on any atom is -0.357 e. The van der Waals surface area contributed by atoms with Crippen LogP contribution in [0.2, 0.25) is 0 Å². The van der Waals surface area contributed by atoms with E-state index in [0.29, 0.717) is 12.6 Å². The van der Waals surface area contributed by atoms with Gasteiger partial charge in [0.25, 0.3) is 0 Å². The third kappa shape index (κ3) is 9.11. The second kappa shape index (κ2) is 10.8. The number of rotatable bonds is 7. The first-order chi connectivity index (χ1) is 10.4. The molecule has 8 heteroatoms. The van der Waals surface area contributed by atoms with Crippen LogP contribution >= 0.6 is 24.0 Å². The van der Waals surface area contributed by atoms with E-state index in [9.17, 15) is 8.42 Å². The minimum atomic E-state index is -3.23. The van der Waals surface area contributed by atoms with E-state index in [0.717, 1.165) is 23.6 Å². The third-order valence-electron chi connectivity index (χ3n) is 2.88. The second-order valence-electron chi connectivity index (χ2n) is 5.27. The van der Waals surface area contributed by atoms with Gasteiger partial charge in [0.1, 0.15) is 0 Å². The molecule has 1 rings (SSSR count). The van der Waals surface area contributed by atoms with Gasteiger partial charge < -0.3 is 10.6 Å². The van der Waals surface area contributed by atoms with Crippen molar-refractivity contribution >= 4 is 40.0 Å². The smallest absolute Gasteiger partial charge is 0.215 e. The molecule has 0 saturated carbocycles. The maximum atomic E-state index is 11.5. The standard InChI is InChI=1S/C15H26N4O2S.HI/c1-5-17-15(19-12(2)3)18-10-13-6-8-14(9-7-13)11-22(20,21)16-4;/h6-9,12,16H,5,10-11H2,1-4H3,(H2,17,18,19);1H. The van der Waals surface area contributed by atoms with Gasteiger partial charge in [0, 0.05) is 12.6 Å². The normalized spacial score (nSPS) is 12.0. The molecule has 1 aromatic rings. The average Bonchev–Trinajstić information content (AvgIpc) is 2.45. The molecule has 23 heavy (non-hydrogen) atoms. The van der Waals surface area contributed by atoms with Crippen LogP contribution in [0.15, 0.2) is 29.3 Å². The highest BCUT2D eigenvalue weighted by molar-refractivity contribution is 14.0. The van der Waals surface area contributed by atoms with Crippen molar-refractivity contribution in [2.24, 2.45) is 4.99 Å². The topological polar surface area (TPSA) is 82.6 Å². The van der Waals surface area contributed by atoms with Crippen LogP contribution in [0, 0.1) is 0 Å². The molecule has 0 fully saturated rings. The summed E-state index contributed by atoms with van der Waals surface area (Å²) in [6.07, 6.45) is 0. The number of guanidine groups is 1. The van der Waals surface area contributed by atoms with Gasteiger partial charge in [-0.05, 0) is 38.9 Å². The molecule has 0 spiro atoms. The van der Waals surface area contributed by atoms with Crippen LogP contribution in [-0.4, -0.2) is 34.0 Å². The Bertz CT molecular complexity index is 586. The van der Waals surface area contributed by atoms with Gasteiger partial charge in [0.15, 0.2) is 5.96 Å². The Hall–Kier alpha value is -0.870. The lowest BCUT2D eigenvalue weighted by Gasteiger charge is -2.14. The SMILES string of the molecule is CCNC(=NCc1ccc(CS(=O)(=O)NC)cc1)NC(C)C.I. The Morgan fingerprint density at radius 2 is 1.74 bits per heavy atom. The lowest BCUT2D eigenvalue weighted by atomic mass is 10.1. The Morgan fingerprint density at radius 1 is 1.17 bits per heavy atom. The largest absolute Gasteiger partial charge is 0.357 e. The van der Waals surface area contributed by atoms with Crippen molar-refractivity contribution in [3.8, 4) is 0 Å². The number of nitrogens with zero attached hydrogens (tertiary/aromatic N) is 1. The highest BCUT2D eigenvalue weighted by atomic mass is 127. The summed E-state index contributed by atoms with van der Waals surface area (Å²) in [5.74, 6) is 0.768. The molecule has 0 unspecified atom stereocenters. The van der Waals surface area contributed by atoms with E-state index < -0.39 is 10.0 Å². The summed E-state index contributed by atoms with van der Waals surface area (Å²) in [5.41, 5.74) is 1.79. The summed E-state index contributed by atoms with van der Waals surface area (Å²) in [6, 6.07) is 7.77. The van der Waals surface area contributed by atoms with Gasteiger partial charge >= 0.3 is 0 Å². The molecule has 0 radical (unpaired) electrons. The molecule has 0 atom stereocenters. The summed E-state index contributed by atoms with van der Waals surface area (Å²) >= 11 is 0. The maximum Gasteiger partial charge on any atom is 0.215 e. The molecular formula is C15H27IN4O2S. The zero-order chi connectivity index (χ0) is 16.6. The fourth-order valence-corrected chi connectivity index (χ4v) is 2.57. The quantitative estimate of drug-likeness (QED) is 0.334. The lowest BCUT2D eigenvalue weighted by Crippen LogP contribution is -2.40. The van der Waals surface area contributed by atoms with E-state index >= 15 is 0 Å². The van der Waals surface area contributed by atoms with E-state index in [4.69, 9.17) is 0 Å². The number of aliphatic imine (C=N–C) groups is 1. The fraction of sp³-hybridized carbons (Fsp3) is 0.533. The molecule has 6 nitrogen and oxygen atoms in total. The Balaban J connectivity index is 0.00000484. The first-order valence-corrected chi connectivity index (χ1v) is 9.05. The summed E-state index contributed by atoms with van der Waals surface area (Å²) in [4.78, 5) is 4.51. The highest BCUT2D eigenvalue weighted by Crippen LogP contribution is 2.08. The Labute approximate surface area is 156 Å². The average molecular weight is 454 g/mol. The first-order valence-electron chi connectivity index (χ1n) is 7.40. The van der Waals surface area contributed by atoms with Crippen LogP contribution in [-0.2, 0) is 22.3 Å². The number of hydrogen-bond donors (Lipinski definition) is 3. The molecule has 0 aliphatic carbocycles. The van der Waals surface area contributed by atoms with Gasteiger partial charge in [-0.3, -0.25) is 0 Å². The van der Waals surface area contributed by atoms with Crippen molar-refractivity contribution in [2.75, 3.05) is 13.6 Å². The summed E-state index contributed by atoms with van der Waals surface area (Å²) in [7, 11) is -1.81. The molecule has 0 aliphatic rings. The Kier molecular flexibility index (Phi) is 10.4. The monoisotopic (exact) mass is 454 g/mol. The number of benzene rings is 1. The molecular weight excluding hydrogens is 427 g/mol. The van der Waals surface area contributed by atoms with Crippen molar-refractivity contribution in [1.29, 1.82) is 0 Å². The number of hydrogen-bond acceptors (Lipinski definition) is 3. The van der Waals surface area contributed by atoms with E-state index in [1.54, 1.807) is 0 Å². The number of nitrogens with one attached hydrogen (secondary N) is 3. The highest BCUT2D eigenvalue weighted by Gasteiger charge is 2.08. The zero-order valence-corrected chi connectivity index (χ0v) is 17.2. The van der Waals surface area contributed by atoms with Crippen LogP contribution in [0.3, 0.4) is 0 Å². The minimum absolute atomic E-state index is 0. The van der Waals surface area contributed by atoms with Crippen molar-refractivity contribution in [2.45, 2.75) is 39.1 Å². The summed E-state index contributed by atoms with van der Waals surface area (Å²) in [5, 5.41) is 6.44. The molecule has 0 amide bonds. The first kappa shape index (κ1) is 22.1. The third-order valence-corrected chi connectivity index (χ3v) is 4.22. The number of halogens is 1. The van der Waals surface area contributed by atoms with Crippen molar-refractivity contribution < 1.29 is 8.42 Å². The summed E-state index contributed by atoms with van der Waals surface area (Å²) < 4.78 is 25.3. The van der Waals surface area contributed by atoms with Crippen molar-refractivity contribution in [3.05, 3.63) is 35.4 Å². The zero-order valence-electron chi connectivity index (χ0n) is 14.1. The van der Waals surface area contributed by atoms with E-state index in [1.165, 1.54) is 7.05 Å². The predicted molar refractivity (Wildman–Crippen MR) is 107 cm³/mol. The van der Waals surface area contributed by atoms with E-state index in [2.05, 4.69) is 34.2 Å². The Morgan fingerprint density at radius 3 is 2.22 bits per heavy atom. The predicted octanol–water partition coefficient (Wildman–Crippen LogP) is 1.82. The molecule has 132 valence electrons. The van der Waals surface area contributed by atoms with E-state index in [1.807, 2.05) is 31.2 Å². The lowest BCUT2D eigenvalue weighted by molar-refractivity contribution is 0.587. The van der Waals surface area contributed by atoms with Gasteiger partial charge in [-0.15, -0.1) is 24.0 Å². The van der Waals surface area contributed by atoms with Gasteiger partial charge in [-0.25, -0.2) is 18.1 Å². The van der Waals surface area contributed by atoms with Crippen molar-refractivity contribution in [3.63, 3.8) is 0 Å². The van der Waals surface area contributed by atoms with Crippen molar-refractivity contribution in [1.82, 2.24) is 15.4 Å². The van der Waals surface area contributed by atoms with Crippen LogP contribution in [0.4, 0.5) is 0 Å². The molecule has 0 aromatic heterocycles. The second-order valence-corrected chi connectivity index (χ2v) is 7.20. The van der Waals surface area contributed by atoms with Gasteiger partial charge in [-0.1, -0.05) is 24.3 Å². The molecule has 3 N–H and O–H groups in total. The number of sulfonamides is 1. The molecule has 0 bridgehead atoms. The molecule has 1 aromatic carbocycles. The molecule has 0 aliphatic heterocycles.